The molecular weight excluding hydrogens is 744 g/mol. The first-order valence-electron chi connectivity index (χ1n) is 21.4. The first-order valence-corrected chi connectivity index (χ1v) is 21.8. The van der Waals surface area contributed by atoms with Gasteiger partial charge < -0.3 is 24.1 Å². The summed E-state index contributed by atoms with van der Waals surface area (Å²) in [6, 6.07) is 18.0. The first-order chi connectivity index (χ1) is 27.6. The van der Waals surface area contributed by atoms with Gasteiger partial charge >= 0.3 is 5.97 Å². The number of allylic oxidation sites excluding steroid dienone is 2. The van der Waals surface area contributed by atoms with E-state index in [0.717, 1.165) is 99.9 Å². The topological polar surface area (TPSA) is 74.2 Å². The van der Waals surface area contributed by atoms with Gasteiger partial charge in [0.2, 0.25) is 0 Å². The molecule has 0 bridgehead atoms. The quantitative estimate of drug-likeness (QED) is 0.107. The summed E-state index contributed by atoms with van der Waals surface area (Å²) in [5.74, 6) is 3.55. The Labute approximate surface area is 351 Å². The van der Waals surface area contributed by atoms with Gasteiger partial charge in [-0.05, 0) is 150 Å². The SMILES string of the molecule is CCCCCc1cc2c(c3c1CCO3)-c1cc(C(=O)O)ccc1C(C)(CC)O2.CCOc1cc(C(C)C(C)CCC=C(C)C)cc2c1-c1cc(Cl)ccc1C(C)(C)O2. The Balaban J connectivity index is 0.000000196. The summed E-state index contributed by atoms with van der Waals surface area (Å²) < 4.78 is 25.3. The van der Waals surface area contributed by atoms with Crippen molar-refractivity contribution >= 4 is 17.6 Å². The Morgan fingerprint density at radius 1 is 0.914 bits per heavy atom. The summed E-state index contributed by atoms with van der Waals surface area (Å²) in [5, 5.41) is 10.2. The zero-order chi connectivity index (χ0) is 41.9. The molecule has 0 amide bonds. The molecule has 0 fully saturated rings. The van der Waals surface area contributed by atoms with E-state index >= 15 is 0 Å². The van der Waals surface area contributed by atoms with E-state index < -0.39 is 17.2 Å². The number of halogens is 1. The highest BCUT2D eigenvalue weighted by Gasteiger charge is 2.40. The van der Waals surface area contributed by atoms with Gasteiger partial charge in [0.1, 0.15) is 34.2 Å². The highest BCUT2D eigenvalue weighted by Crippen LogP contribution is 2.54. The third kappa shape index (κ3) is 8.78. The molecule has 0 saturated heterocycles. The summed E-state index contributed by atoms with van der Waals surface area (Å²) >= 11 is 6.37. The minimum Gasteiger partial charge on any atom is -0.493 e. The number of unbranched alkanes of at least 4 members (excludes halogenated alkanes) is 2. The molecule has 1 N–H and O–H groups in total. The molecule has 0 saturated carbocycles. The van der Waals surface area contributed by atoms with E-state index in [1.165, 1.54) is 35.1 Å². The fourth-order valence-electron chi connectivity index (χ4n) is 8.72. The Bertz CT molecular complexity index is 2180. The van der Waals surface area contributed by atoms with Gasteiger partial charge in [0.15, 0.2) is 0 Å². The fraction of sp³-hybridized carbons (Fsp3) is 0.471. The number of rotatable bonds is 13. The molecule has 4 aromatic carbocycles. The van der Waals surface area contributed by atoms with Gasteiger partial charge in [0.25, 0.3) is 0 Å². The molecule has 58 heavy (non-hydrogen) atoms. The van der Waals surface area contributed by atoms with E-state index in [9.17, 15) is 9.90 Å². The highest BCUT2D eigenvalue weighted by atomic mass is 35.5. The molecule has 0 spiro atoms. The lowest BCUT2D eigenvalue weighted by Crippen LogP contribution is -2.32. The molecule has 3 unspecified atom stereocenters. The van der Waals surface area contributed by atoms with Crippen LogP contribution in [-0.2, 0) is 24.0 Å². The van der Waals surface area contributed by atoms with E-state index in [-0.39, 0.29) is 0 Å². The normalized spacial score (nSPS) is 17.6. The third-order valence-electron chi connectivity index (χ3n) is 12.4. The highest BCUT2D eigenvalue weighted by molar-refractivity contribution is 6.31. The zero-order valence-electron chi connectivity index (χ0n) is 36.4. The number of ether oxygens (including phenoxy) is 4. The minimum absolute atomic E-state index is 0.295. The molecule has 0 aliphatic carbocycles. The minimum atomic E-state index is -0.914. The average Bonchev–Trinajstić information content (AvgIpc) is 3.67. The summed E-state index contributed by atoms with van der Waals surface area (Å²) in [5.41, 5.74) is 10.8. The van der Waals surface area contributed by atoms with Gasteiger partial charge in [-0.1, -0.05) is 75.9 Å². The van der Waals surface area contributed by atoms with Crippen LogP contribution in [0.15, 0.2) is 66.2 Å². The first kappa shape index (κ1) is 43.2. The lowest BCUT2D eigenvalue weighted by Gasteiger charge is -2.38. The van der Waals surface area contributed by atoms with Crippen LogP contribution in [0.1, 0.15) is 152 Å². The van der Waals surface area contributed by atoms with Crippen LogP contribution in [0.3, 0.4) is 0 Å². The van der Waals surface area contributed by atoms with Crippen molar-refractivity contribution in [2.45, 2.75) is 138 Å². The average molecular weight is 808 g/mol. The summed E-state index contributed by atoms with van der Waals surface area (Å²) in [4.78, 5) is 11.6. The molecule has 7 rings (SSSR count). The molecule has 4 aromatic rings. The van der Waals surface area contributed by atoms with Crippen molar-refractivity contribution in [3.05, 3.63) is 105 Å². The van der Waals surface area contributed by atoms with Crippen LogP contribution in [-0.4, -0.2) is 24.3 Å². The number of hydrogen-bond acceptors (Lipinski definition) is 5. The van der Waals surface area contributed by atoms with E-state index in [1.54, 1.807) is 12.1 Å². The maximum absolute atomic E-state index is 11.6. The van der Waals surface area contributed by atoms with E-state index in [4.69, 9.17) is 30.5 Å². The molecule has 3 aliphatic heterocycles. The number of aromatic carboxylic acids is 1. The smallest absolute Gasteiger partial charge is 0.335 e. The van der Waals surface area contributed by atoms with Crippen LogP contribution in [0.2, 0.25) is 5.02 Å². The van der Waals surface area contributed by atoms with E-state index in [2.05, 4.69) is 92.7 Å². The Morgan fingerprint density at radius 3 is 2.33 bits per heavy atom. The van der Waals surface area contributed by atoms with Crippen molar-refractivity contribution in [3.63, 3.8) is 0 Å². The molecule has 6 nitrogen and oxygen atoms in total. The van der Waals surface area contributed by atoms with Crippen LogP contribution < -0.4 is 18.9 Å². The van der Waals surface area contributed by atoms with Crippen molar-refractivity contribution in [1.82, 2.24) is 0 Å². The second-order valence-corrected chi connectivity index (χ2v) is 17.7. The van der Waals surface area contributed by atoms with Gasteiger partial charge in [0, 0.05) is 28.1 Å². The van der Waals surface area contributed by atoms with Gasteiger partial charge in [-0.15, -0.1) is 0 Å². The third-order valence-corrected chi connectivity index (χ3v) is 12.6. The zero-order valence-corrected chi connectivity index (χ0v) is 37.1. The van der Waals surface area contributed by atoms with Crippen molar-refractivity contribution in [1.29, 1.82) is 0 Å². The van der Waals surface area contributed by atoms with Crippen LogP contribution in [0, 0.1) is 5.92 Å². The standard InChI is InChI=1S/C27H35ClO2.C24H28O4/c1-8-29-24-14-20(19(5)18(4)11-9-10-17(2)3)15-25-26(24)22-16-21(28)12-13-23(22)27(6,7)30-25;1-4-6-7-8-15-14-20-21(22-17(15)11-12-27-22)18-13-16(23(25)26)9-10-19(18)24(3,5-2)28-20/h10,12-16,18-19H,8-9,11H2,1-7H3;9-10,13-14H,4-8,11-12H2,1-3H3,(H,25,26). The lowest BCUT2D eigenvalue weighted by molar-refractivity contribution is 0.0692. The van der Waals surface area contributed by atoms with Gasteiger partial charge in [-0.25, -0.2) is 4.79 Å². The largest absolute Gasteiger partial charge is 0.493 e. The van der Waals surface area contributed by atoms with Gasteiger partial charge in [-0.2, -0.15) is 0 Å². The molecular formula is C51H63ClO6. The van der Waals surface area contributed by atoms with Crippen LogP contribution in [0.25, 0.3) is 22.3 Å². The lowest BCUT2D eigenvalue weighted by atomic mass is 9.81. The second-order valence-electron chi connectivity index (χ2n) is 17.3. The van der Waals surface area contributed by atoms with Crippen molar-refractivity contribution < 1.29 is 28.8 Å². The number of aryl methyl sites for hydroxylation is 1. The Hall–Kier alpha value is -4.42. The van der Waals surface area contributed by atoms with Gasteiger partial charge in [-0.3, -0.25) is 0 Å². The molecule has 0 radical (unpaired) electrons. The number of hydrogen-bond donors (Lipinski definition) is 1. The summed E-state index contributed by atoms with van der Waals surface area (Å²) in [6.07, 6.45) is 10.9. The number of fused-ring (bicyclic) bond motifs is 8. The van der Waals surface area contributed by atoms with Gasteiger partial charge in [0.05, 0.1) is 29.9 Å². The number of carboxylic acid groups (broad SMARTS) is 1. The predicted molar refractivity (Wildman–Crippen MR) is 237 cm³/mol. The fourth-order valence-corrected chi connectivity index (χ4v) is 8.90. The number of benzene rings is 4. The van der Waals surface area contributed by atoms with Crippen LogP contribution >= 0.6 is 11.6 Å². The van der Waals surface area contributed by atoms with Crippen molar-refractivity contribution in [2.75, 3.05) is 13.2 Å². The molecule has 0 aromatic heterocycles. The van der Waals surface area contributed by atoms with Crippen LogP contribution in [0.4, 0.5) is 0 Å². The van der Waals surface area contributed by atoms with Crippen molar-refractivity contribution in [2.24, 2.45) is 5.92 Å². The number of carbonyl (C=O) groups is 1. The summed E-state index contributed by atoms with van der Waals surface area (Å²) in [7, 11) is 0. The second kappa shape index (κ2) is 17.8. The van der Waals surface area contributed by atoms with Crippen LogP contribution in [0.5, 0.6) is 23.0 Å². The maximum atomic E-state index is 11.6. The van der Waals surface area contributed by atoms with Crippen molar-refractivity contribution in [3.8, 4) is 45.3 Å². The van der Waals surface area contributed by atoms with E-state index in [0.29, 0.717) is 30.6 Å². The molecule has 7 heteroatoms. The maximum Gasteiger partial charge on any atom is 0.335 e. The monoisotopic (exact) mass is 806 g/mol. The molecule has 3 aliphatic rings. The van der Waals surface area contributed by atoms with E-state index in [1.807, 2.05) is 25.1 Å². The molecule has 3 atom stereocenters. The summed E-state index contributed by atoms with van der Waals surface area (Å²) in [6.45, 7) is 22.9. The Kier molecular flexibility index (Phi) is 13.3. The molecule has 310 valence electrons. The predicted octanol–water partition coefficient (Wildman–Crippen LogP) is 14.3. The molecule has 3 heterocycles. The Morgan fingerprint density at radius 2 is 1.64 bits per heavy atom. The number of carboxylic acids is 1.